The predicted molar refractivity (Wildman–Crippen MR) is 109 cm³/mol. The first-order valence-corrected chi connectivity index (χ1v) is 9.08. The molecule has 0 saturated carbocycles. The highest BCUT2D eigenvalue weighted by Gasteiger charge is 2.08. The van der Waals surface area contributed by atoms with Gasteiger partial charge in [-0.05, 0) is 48.2 Å². The number of nitrogens with one attached hydrogen (secondary N) is 3. The fourth-order valence-electron chi connectivity index (χ4n) is 3.36. The second-order valence-electron chi connectivity index (χ2n) is 6.83. The molecular weight excluding hydrogens is 356 g/mol. The normalized spacial score (nSPS) is 11.2. The summed E-state index contributed by atoms with van der Waals surface area (Å²) in [5.41, 5.74) is 3.56. The fraction of sp³-hybridized carbons (Fsp3) is 0.190. The minimum Gasteiger partial charge on any atom is -0.354 e. The largest absolute Gasteiger partial charge is 0.354 e. The van der Waals surface area contributed by atoms with Crippen LogP contribution in [-0.2, 0) is 17.8 Å². The summed E-state index contributed by atoms with van der Waals surface area (Å²) < 4.78 is 1.62. The Labute approximate surface area is 160 Å². The SMILES string of the molecule is Cc1cc2cc(CC(=O)NCCn3c(=O)[nH]c4ccccc43)ccc2[nH]c1=O. The van der Waals surface area contributed by atoms with Gasteiger partial charge in [-0.1, -0.05) is 18.2 Å². The van der Waals surface area contributed by atoms with Crippen LogP contribution in [0.5, 0.6) is 0 Å². The van der Waals surface area contributed by atoms with Crippen molar-refractivity contribution in [1.29, 1.82) is 0 Å². The lowest BCUT2D eigenvalue weighted by molar-refractivity contribution is -0.120. The van der Waals surface area contributed by atoms with Crippen LogP contribution in [0.15, 0.2) is 58.1 Å². The van der Waals surface area contributed by atoms with Crippen molar-refractivity contribution in [3.8, 4) is 0 Å². The minimum absolute atomic E-state index is 0.106. The van der Waals surface area contributed by atoms with Gasteiger partial charge in [-0.2, -0.15) is 0 Å². The Morgan fingerprint density at radius 3 is 2.71 bits per heavy atom. The number of rotatable bonds is 5. The molecule has 28 heavy (non-hydrogen) atoms. The van der Waals surface area contributed by atoms with Crippen LogP contribution in [0.4, 0.5) is 0 Å². The Balaban J connectivity index is 1.41. The number of pyridine rings is 1. The molecule has 1 amide bonds. The molecule has 4 aromatic rings. The second-order valence-corrected chi connectivity index (χ2v) is 6.83. The Kier molecular flexibility index (Phi) is 4.57. The highest BCUT2D eigenvalue weighted by molar-refractivity contribution is 5.83. The van der Waals surface area contributed by atoms with Gasteiger partial charge in [0.05, 0.1) is 17.5 Å². The molecule has 7 heteroatoms. The third kappa shape index (κ3) is 3.46. The first-order chi connectivity index (χ1) is 13.5. The molecule has 0 aliphatic rings. The summed E-state index contributed by atoms with van der Waals surface area (Å²) in [7, 11) is 0. The maximum Gasteiger partial charge on any atom is 0.326 e. The summed E-state index contributed by atoms with van der Waals surface area (Å²) in [6.45, 7) is 2.51. The summed E-state index contributed by atoms with van der Waals surface area (Å²) in [5.74, 6) is -0.117. The number of aryl methyl sites for hydroxylation is 1. The van der Waals surface area contributed by atoms with Crippen molar-refractivity contribution in [1.82, 2.24) is 19.9 Å². The van der Waals surface area contributed by atoms with Crippen LogP contribution in [0.3, 0.4) is 0 Å². The zero-order chi connectivity index (χ0) is 19.7. The van der Waals surface area contributed by atoms with E-state index in [-0.39, 0.29) is 23.6 Å². The number of benzene rings is 2. The number of hydrogen-bond acceptors (Lipinski definition) is 3. The molecule has 2 aromatic carbocycles. The highest BCUT2D eigenvalue weighted by Crippen LogP contribution is 2.14. The molecular formula is C21H20N4O3. The van der Waals surface area contributed by atoms with Crippen LogP contribution in [0, 0.1) is 6.92 Å². The summed E-state index contributed by atoms with van der Waals surface area (Å²) in [6, 6.07) is 14.8. The van der Waals surface area contributed by atoms with E-state index < -0.39 is 0 Å². The maximum atomic E-state index is 12.3. The summed E-state index contributed by atoms with van der Waals surface area (Å²) in [6.07, 6.45) is 0.233. The molecule has 0 fully saturated rings. The van der Waals surface area contributed by atoms with Crippen molar-refractivity contribution in [3.05, 3.63) is 80.5 Å². The Morgan fingerprint density at radius 1 is 1.04 bits per heavy atom. The number of carbonyl (C=O) groups excluding carboxylic acids is 1. The highest BCUT2D eigenvalue weighted by atomic mass is 16.2. The molecule has 2 heterocycles. The first-order valence-electron chi connectivity index (χ1n) is 9.08. The van der Waals surface area contributed by atoms with Crippen LogP contribution in [0.25, 0.3) is 21.9 Å². The van der Waals surface area contributed by atoms with E-state index in [1.807, 2.05) is 48.5 Å². The number of aromatic nitrogens is 3. The number of aromatic amines is 2. The average molecular weight is 376 g/mol. The molecule has 7 nitrogen and oxygen atoms in total. The van der Waals surface area contributed by atoms with Crippen molar-refractivity contribution >= 4 is 27.8 Å². The lowest BCUT2D eigenvalue weighted by Crippen LogP contribution is -2.31. The zero-order valence-electron chi connectivity index (χ0n) is 15.4. The second kappa shape index (κ2) is 7.19. The van der Waals surface area contributed by atoms with Crippen LogP contribution < -0.4 is 16.6 Å². The number of carbonyl (C=O) groups is 1. The quantitative estimate of drug-likeness (QED) is 0.495. The van der Waals surface area contributed by atoms with Crippen LogP contribution in [0.2, 0.25) is 0 Å². The molecule has 0 spiro atoms. The Bertz CT molecular complexity index is 1300. The van der Waals surface area contributed by atoms with E-state index in [2.05, 4.69) is 15.3 Å². The topological polar surface area (TPSA) is 99.8 Å². The number of H-pyrrole nitrogens is 2. The molecule has 4 rings (SSSR count). The standard InChI is InChI=1S/C21H20N4O3/c1-13-10-15-11-14(6-7-16(15)23-20(13)27)12-19(26)22-8-9-25-18-5-3-2-4-17(18)24-21(25)28/h2-7,10-11H,8-9,12H2,1H3,(H,22,26)(H,23,27)(H,24,28). The molecule has 0 saturated heterocycles. The van der Waals surface area contributed by atoms with E-state index in [1.165, 1.54) is 0 Å². The monoisotopic (exact) mass is 376 g/mol. The van der Waals surface area contributed by atoms with Gasteiger partial charge in [0, 0.05) is 24.2 Å². The van der Waals surface area contributed by atoms with Gasteiger partial charge in [0.2, 0.25) is 5.91 Å². The van der Waals surface area contributed by atoms with Gasteiger partial charge >= 0.3 is 5.69 Å². The lowest BCUT2D eigenvalue weighted by Gasteiger charge is -2.08. The van der Waals surface area contributed by atoms with E-state index in [4.69, 9.17) is 0 Å². The van der Waals surface area contributed by atoms with Gasteiger partial charge in [0.1, 0.15) is 0 Å². The maximum absolute atomic E-state index is 12.3. The molecule has 0 aliphatic carbocycles. The molecule has 0 aliphatic heterocycles. The number of amides is 1. The number of imidazole rings is 1. The van der Waals surface area contributed by atoms with Crippen LogP contribution >= 0.6 is 0 Å². The molecule has 0 bridgehead atoms. The smallest absolute Gasteiger partial charge is 0.326 e. The van der Waals surface area contributed by atoms with Gasteiger partial charge in [-0.15, -0.1) is 0 Å². The average Bonchev–Trinajstić information content (AvgIpc) is 2.98. The van der Waals surface area contributed by atoms with Crippen molar-refractivity contribution in [2.75, 3.05) is 6.54 Å². The third-order valence-corrected chi connectivity index (χ3v) is 4.80. The van der Waals surface area contributed by atoms with Crippen molar-refractivity contribution in [2.24, 2.45) is 0 Å². The van der Waals surface area contributed by atoms with E-state index in [1.54, 1.807) is 11.5 Å². The fourth-order valence-corrected chi connectivity index (χ4v) is 3.36. The molecule has 3 N–H and O–H groups in total. The molecule has 0 radical (unpaired) electrons. The van der Waals surface area contributed by atoms with E-state index in [0.29, 0.717) is 18.7 Å². The van der Waals surface area contributed by atoms with Gasteiger partial charge in [-0.3, -0.25) is 14.2 Å². The molecule has 142 valence electrons. The van der Waals surface area contributed by atoms with E-state index >= 15 is 0 Å². The number of nitrogens with zero attached hydrogens (tertiary/aromatic N) is 1. The van der Waals surface area contributed by atoms with Gasteiger partial charge in [-0.25, -0.2) is 4.79 Å². The molecule has 2 aromatic heterocycles. The lowest BCUT2D eigenvalue weighted by atomic mass is 10.1. The summed E-state index contributed by atoms with van der Waals surface area (Å²) in [4.78, 5) is 41.6. The van der Waals surface area contributed by atoms with E-state index in [9.17, 15) is 14.4 Å². The summed E-state index contributed by atoms with van der Waals surface area (Å²) in [5, 5.41) is 3.76. The molecule has 0 atom stereocenters. The van der Waals surface area contributed by atoms with Crippen molar-refractivity contribution < 1.29 is 4.79 Å². The predicted octanol–water partition coefficient (Wildman–Crippen LogP) is 1.84. The zero-order valence-corrected chi connectivity index (χ0v) is 15.4. The third-order valence-electron chi connectivity index (χ3n) is 4.80. The summed E-state index contributed by atoms with van der Waals surface area (Å²) >= 11 is 0. The van der Waals surface area contributed by atoms with Crippen LogP contribution in [0.1, 0.15) is 11.1 Å². The van der Waals surface area contributed by atoms with Crippen molar-refractivity contribution in [3.63, 3.8) is 0 Å². The van der Waals surface area contributed by atoms with Crippen molar-refractivity contribution in [2.45, 2.75) is 19.9 Å². The minimum atomic E-state index is -0.186. The first kappa shape index (κ1) is 17.8. The van der Waals surface area contributed by atoms with Gasteiger partial charge in [0.25, 0.3) is 5.56 Å². The Morgan fingerprint density at radius 2 is 1.86 bits per heavy atom. The Hall–Kier alpha value is -3.61. The number of fused-ring (bicyclic) bond motifs is 2. The number of hydrogen-bond donors (Lipinski definition) is 3. The molecule has 0 unspecified atom stereocenters. The van der Waals surface area contributed by atoms with Gasteiger partial charge in [0.15, 0.2) is 0 Å². The van der Waals surface area contributed by atoms with Gasteiger partial charge < -0.3 is 15.3 Å². The van der Waals surface area contributed by atoms with Crippen LogP contribution in [-0.4, -0.2) is 27.0 Å². The number of para-hydroxylation sites is 2. The van der Waals surface area contributed by atoms with E-state index in [0.717, 1.165) is 27.5 Å².